The molecule has 6 aromatic carbocycles. The van der Waals surface area contributed by atoms with Gasteiger partial charge in [0.15, 0.2) is 23.0 Å². The minimum absolute atomic E-state index is 0.144. The van der Waals surface area contributed by atoms with Gasteiger partial charge >= 0.3 is 0 Å². The van der Waals surface area contributed by atoms with E-state index in [-0.39, 0.29) is 5.56 Å². The third kappa shape index (κ3) is 4.13. The molecule has 8 N–H and O–H groups in total. The molecule has 0 unspecified atom stereocenters. The van der Waals surface area contributed by atoms with Gasteiger partial charge in [-0.05, 0) is 56.7 Å². The highest BCUT2D eigenvalue weighted by atomic mass is 16.4. The largest absolute Gasteiger partial charge is 0.508 e. The summed E-state index contributed by atoms with van der Waals surface area (Å²) < 4.78 is 6.28. The van der Waals surface area contributed by atoms with Gasteiger partial charge in [-0.15, -0.1) is 0 Å². The van der Waals surface area contributed by atoms with Crippen LogP contribution in [0.15, 0.2) is 89.4 Å². The van der Waals surface area contributed by atoms with Crippen LogP contribution >= 0.6 is 0 Å². The highest BCUT2D eigenvalue weighted by molar-refractivity contribution is 6.41. The number of hydrogen-bond acceptors (Lipinski definition) is 9. The van der Waals surface area contributed by atoms with Gasteiger partial charge in [0.2, 0.25) is 17.2 Å². The summed E-state index contributed by atoms with van der Waals surface area (Å²) >= 11 is 0. The Hall–Kier alpha value is -6.68. The molecule has 1 aromatic heterocycles. The summed E-state index contributed by atoms with van der Waals surface area (Å²) in [6.45, 7) is 0. The van der Waals surface area contributed by atoms with E-state index in [1.165, 1.54) is 0 Å². The van der Waals surface area contributed by atoms with Crippen molar-refractivity contribution in [3.63, 3.8) is 0 Å². The molecule has 9 nitrogen and oxygen atoms in total. The Balaban J connectivity index is 1.43. The number of fused-ring (bicyclic) bond motifs is 5. The summed E-state index contributed by atoms with van der Waals surface area (Å²) in [5, 5.41) is 89.3. The second kappa shape index (κ2) is 10.7. The Kier molecular flexibility index (Phi) is 6.47. The molecule has 10 heteroatoms. The minimum atomic E-state index is -1.24. The number of phenols is 8. The van der Waals surface area contributed by atoms with Crippen LogP contribution in [0.25, 0.3) is 72.0 Å². The molecule has 1 aliphatic carbocycles. The Morgan fingerprint density at radius 2 is 1.00 bits per heavy atom. The Bertz CT molecular complexity index is 2520. The topological polar surface area (TPSA) is 175 Å². The molecule has 0 spiro atoms. The SMILES string of the molecule is [B]c1c(O)c(-c2c(O)c(O)c(O)c(O)c2O)c(O)c(O)c1-c1c2ccccc2c(-c2ccc3c4c(oc3c2)C=CC=CC4)c2ccccc12. The maximum Gasteiger partial charge on any atom is 0.208 e. The van der Waals surface area contributed by atoms with Crippen molar-refractivity contribution < 1.29 is 45.3 Å². The van der Waals surface area contributed by atoms with Crippen LogP contribution in [0.3, 0.4) is 0 Å². The average molecular weight is 648 g/mol. The number of aromatic hydroxyl groups is 8. The summed E-state index contributed by atoms with van der Waals surface area (Å²) in [7, 11) is 6.50. The zero-order valence-electron chi connectivity index (χ0n) is 25.4. The van der Waals surface area contributed by atoms with Gasteiger partial charge in [-0.1, -0.05) is 78.9 Å². The summed E-state index contributed by atoms with van der Waals surface area (Å²) in [6, 6.07) is 20.9. The van der Waals surface area contributed by atoms with Crippen LogP contribution in [-0.4, -0.2) is 48.7 Å². The molecule has 1 heterocycles. The van der Waals surface area contributed by atoms with Crippen molar-refractivity contribution in [1.82, 2.24) is 0 Å². The highest BCUT2D eigenvalue weighted by Crippen LogP contribution is 2.60. The predicted octanol–water partition coefficient (Wildman–Crippen LogP) is 7.30. The molecule has 0 atom stereocenters. The van der Waals surface area contributed by atoms with Crippen molar-refractivity contribution in [3.8, 4) is 79.4 Å². The lowest BCUT2D eigenvalue weighted by atomic mass is 9.78. The van der Waals surface area contributed by atoms with E-state index < -0.39 is 62.6 Å². The summed E-state index contributed by atoms with van der Waals surface area (Å²) in [6.07, 6.45) is 8.71. The van der Waals surface area contributed by atoms with E-state index in [2.05, 4.69) is 6.08 Å². The Labute approximate surface area is 278 Å². The molecule has 8 rings (SSSR count). The summed E-state index contributed by atoms with van der Waals surface area (Å²) in [5.41, 5.74) is 1.68. The summed E-state index contributed by atoms with van der Waals surface area (Å²) in [5.74, 6) is -8.03. The molecule has 7 aromatic rings. The lowest BCUT2D eigenvalue weighted by molar-refractivity contribution is 0.329. The monoisotopic (exact) mass is 648 g/mol. The van der Waals surface area contributed by atoms with Crippen LogP contribution in [0, 0.1) is 0 Å². The fourth-order valence-electron chi connectivity index (χ4n) is 6.93. The maximum atomic E-state index is 11.6. The van der Waals surface area contributed by atoms with Crippen LogP contribution in [0.5, 0.6) is 46.0 Å². The van der Waals surface area contributed by atoms with Gasteiger partial charge in [-0.2, -0.15) is 0 Å². The van der Waals surface area contributed by atoms with Gasteiger partial charge < -0.3 is 45.3 Å². The molecular formula is C39H25BO9. The second-order valence-corrected chi connectivity index (χ2v) is 11.8. The van der Waals surface area contributed by atoms with Crippen molar-refractivity contribution in [2.75, 3.05) is 0 Å². The van der Waals surface area contributed by atoms with Crippen LogP contribution < -0.4 is 5.46 Å². The molecule has 49 heavy (non-hydrogen) atoms. The maximum absolute atomic E-state index is 11.6. The van der Waals surface area contributed by atoms with E-state index in [0.717, 1.165) is 50.6 Å². The molecule has 0 aliphatic heterocycles. The first-order chi connectivity index (χ1) is 23.6. The second-order valence-electron chi connectivity index (χ2n) is 11.8. The smallest absolute Gasteiger partial charge is 0.208 e. The fraction of sp³-hybridized carbons (Fsp3) is 0.0256. The Morgan fingerprint density at radius 1 is 0.490 bits per heavy atom. The van der Waals surface area contributed by atoms with Gasteiger partial charge in [0.1, 0.15) is 24.9 Å². The number of benzene rings is 6. The van der Waals surface area contributed by atoms with Gasteiger partial charge in [-0.3, -0.25) is 0 Å². The standard InChI is InChI=1S/C39H25BO9/c40-31-28(33(42)34(43)29(32(31)41)30-35(44)37(46)39(48)38(47)36(30)45)27-22-11-6-4-9-20(22)26(21-10-5-7-12-23(21)27)17-14-15-19-18-8-2-1-3-13-24(18)49-25(19)16-17/h1-7,9-16,41-48H,8H2. The molecule has 2 radical (unpaired) electrons. The number of furan rings is 1. The minimum Gasteiger partial charge on any atom is -0.508 e. The lowest BCUT2D eigenvalue weighted by Gasteiger charge is -2.23. The third-order valence-corrected chi connectivity index (χ3v) is 9.19. The van der Waals surface area contributed by atoms with Crippen LogP contribution in [-0.2, 0) is 6.42 Å². The first-order valence-electron chi connectivity index (χ1n) is 15.2. The number of rotatable bonds is 3. The van der Waals surface area contributed by atoms with Gasteiger partial charge in [0.05, 0.1) is 11.1 Å². The van der Waals surface area contributed by atoms with Gasteiger partial charge in [-0.25, -0.2) is 0 Å². The zero-order chi connectivity index (χ0) is 34.3. The molecule has 0 bridgehead atoms. The Morgan fingerprint density at radius 3 is 1.61 bits per heavy atom. The molecule has 0 saturated carbocycles. The third-order valence-electron chi connectivity index (χ3n) is 9.19. The van der Waals surface area contributed by atoms with Crippen LogP contribution in [0.2, 0.25) is 0 Å². The van der Waals surface area contributed by atoms with Crippen molar-refractivity contribution >= 4 is 51.9 Å². The molecule has 0 saturated heterocycles. The molecule has 238 valence electrons. The van der Waals surface area contributed by atoms with Crippen molar-refractivity contribution in [3.05, 3.63) is 96.3 Å². The van der Waals surface area contributed by atoms with E-state index >= 15 is 0 Å². The van der Waals surface area contributed by atoms with Gasteiger partial charge in [0, 0.05) is 22.1 Å². The van der Waals surface area contributed by atoms with E-state index in [4.69, 9.17) is 12.3 Å². The summed E-state index contributed by atoms with van der Waals surface area (Å²) in [4.78, 5) is 0. The normalized spacial score (nSPS) is 12.6. The van der Waals surface area contributed by atoms with Crippen molar-refractivity contribution in [1.29, 1.82) is 0 Å². The van der Waals surface area contributed by atoms with E-state index in [0.29, 0.717) is 16.3 Å². The quantitative estimate of drug-likeness (QED) is 0.0423. The highest BCUT2D eigenvalue weighted by Gasteiger charge is 2.32. The zero-order valence-corrected chi connectivity index (χ0v) is 25.4. The van der Waals surface area contributed by atoms with Crippen molar-refractivity contribution in [2.24, 2.45) is 0 Å². The molecule has 0 amide bonds. The molecule has 0 fully saturated rings. The number of allylic oxidation sites excluding steroid dienone is 3. The number of hydrogen-bond donors (Lipinski definition) is 8. The fourth-order valence-corrected chi connectivity index (χ4v) is 6.93. The number of phenolic OH excluding ortho intramolecular Hbond substituents is 8. The van der Waals surface area contributed by atoms with E-state index in [9.17, 15) is 40.9 Å². The van der Waals surface area contributed by atoms with Crippen LogP contribution in [0.1, 0.15) is 11.3 Å². The van der Waals surface area contributed by atoms with Crippen LogP contribution in [0.4, 0.5) is 0 Å². The van der Waals surface area contributed by atoms with Gasteiger partial charge in [0.25, 0.3) is 0 Å². The molecule has 1 aliphatic rings. The predicted molar refractivity (Wildman–Crippen MR) is 188 cm³/mol. The van der Waals surface area contributed by atoms with Crippen molar-refractivity contribution in [2.45, 2.75) is 6.42 Å². The van der Waals surface area contributed by atoms with E-state index in [1.807, 2.05) is 72.8 Å². The molecular weight excluding hydrogens is 623 g/mol. The average Bonchev–Trinajstić information content (AvgIpc) is 3.29. The lowest BCUT2D eigenvalue weighted by Crippen LogP contribution is -2.10. The first kappa shape index (κ1) is 29.7. The first-order valence-corrected chi connectivity index (χ1v) is 15.2. The van der Waals surface area contributed by atoms with E-state index in [1.54, 1.807) is 12.1 Å².